The smallest absolute Gasteiger partial charge is 0.227 e. The molecule has 0 radical (unpaired) electrons. The number of hydrogen-bond donors (Lipinski definition) is 1. The molecule has 148 valence electrons. The van der Waals surface area contributed by atoms with Crippen LogP contribution in [0.15, 0.2) is 12.1 Å². The van der Waals surface area contributed by atoms with Crippen molar-refractivity contribution < 1.29 is 9.53 Å². The molecule has 6 nitrogen and oxygen atoms in total. The number of ether oxygens (including phenoxy) is 1. The van der Waals surface area contributed by atoms with Crippen molar-refractivity contribution in [2.45, 2.75) is 39.7 Å². The van der Waals surface area contributed by atoms with Gasteiger partial charge in [0.25, 0.3) is 0 Å². The Morgan fingerprint density at radius 3 is 2.56 bits per heavy atom. The molecule has 0 aliphatic carbocycles. The number of thiophene rings is 1. The van der Waals surface area contributed by atoms with E-state index in [1.54, 1.807) is 0 Å². The molecule has 1 amide bonds. The van der Waals surface area contributed by atoms with Gasteiger partial charge in [0.05, 0.1) is 30.9 Å². The van der Waals surface area contributed by atoms with Crippen LogP contribution in [-0.4, -0.2) is 53.4 Å². The molecule has 7 heteroatoms. The number of amides is 1. The maximum atomic E-state index is 12.9. The van der Waals surface area contributed by atoms with Gasteiger partial charge in [-0.15, -0.1) is 11.3 Å². The van der Waals surface area contributed by atoms with Gasteiger partial charge < -0.3 is 10.1 Å². The number of rotatable bonds is 6. The van der Waals surface area contributed by atoms with E-state index in [1.807, 2.05) is 43.8 Å². The maximum Gasteiger partial charge on any atom is 0.227 e. The molecule has 2 aromatic rings. The van der Waals surface area contributed by atoms with Crippen molar-refractivity contribution >= 4 is 17.2 Å². The Morgan fingerprint density at radius 2 is 2.00 bits per heavy atom. The molecule has 1 aliphatic rings. The molecule has 1 fully saturated rings. The van der Waals surface area contributed by atoms with Gasteiger partial charge in [-0.05, 0) is 39.8 Å². The lowest BCUT2D eigenvalue weighted by molar-refractivity contribution is -0.122. The Balaban J connectivity index is 1.71. The van der Waals surface area contributed by atoms with Crippen LogP contribution in [0.4, 0.5) is 0 Å². The molecule has 3 rings (SSSR count). The Bertz CT molecular complexity index is 792. The minimum Gasteiger partial charge on any atom is -0.379 e. The van der Waals surface area contributed by atoms with E-state index in [4.69, 9.17) is 4.74 Å². The highest BCUT2D eigenvalue weighted by molar-refractivity contribution is 7.12. The summed E-state index contributed by atoms with van der Waals surface area (Å²) < 4.78 is 7.35. The number of aromatic nitrogens is 2. The van der Waals surface area contributed by atoms with Gasteiger partial charge in [-0.3, -0.25) is 14.4 Å². The Hall–Kier alpha value is -1.70. The van der Waals surface area contributed by atoms with E-state index < -0.39 is 0 Å². The summed E-state index contributed by atoms with van der Waals surface area (Å²) in [5.41, 5.74) is 3.01. The van der Waals surface area contributed by atoms with Crippen molar-refractivity contribution in [3.05, 3.63) is 38.8 Å². The molecule has 27 heavy (non-hydrogen) atoms. The minimum atomic E-state index is -0.214. The monoisotopic (exact) mass is 390 g/mol. The van der Waals surface area contributed by atoms with Crippen molar-refractivity contribution in [2.75, 3.05) is 32.8 Å². The molecule has 1 N–H and O–H groups in total. The van der Waals surface area contributed by atoms with Crippen LogP contribution in [0.3, 0.4) is 0 Å². The van der Waals surface area contributed by atoms with Crippen LogP contribution >= 0.6 is 11.3 Å². The number of carbonyl (C=O) groups is 1. The lowest BCUT2D eigenvalue weighted by atomic mass is 9.98. The van der Waals surface area contributed by atoms with Crippen LogP contribution in [0.5, 0.6) is 0 Å². The minimum absolute atomic E-state index is 0.0562. The summed E-state index contributed by atoms with van der Waals surface area (Å²) in [7, 11) is 1.92. The van der Waals surface area contributed by atoms with Crippen molar-refractivity contribution in [1.82, 2.24) is 20.0 Å². The topological polar surface area (TPSA) is 59.4 Å². The number of morpholine rings is 1. The van der Waals surface area contributed by atoms with Gasteiger partial charge in [0, 0.05) is 47.7 Å². The first-order valence-corrected chi connectivity index (χ1v) is 10.4. The summed E-state index contributed by atoms with van der Waals surface area (Å²) >= 11 is 1.81. The highest BCUT2D eigenvalue weighted by Gasteiger charge is 2.27. The average Bonchev–Trinajstić information content (AvgIpc) is 3.18. The molecule has 0 aromatic carbocycles. The molecule has 1 aliphatic heterocycles. The largest absolute Gasteiger partial charge is 0.379 e. The maximum absolute atomic E-state index is 12.9. The third kappa shape index (κ3) is 4.42. The van der Waals surface area contributed by atoms with E-state index in [0.29, 0.717) is 6.54 Å². The highest BCUT2D eigenvalue weighted by atomic mass is 32.1. The van der Waals surface area contributed by atoms with Crippen LogP contribution < -0.4 is 5.32 Å². The van der Waals surface area contributed by atoms with Crippen LogP contribution in [0.25, 0.3) is 0 Å². The molecule has 0 bridgehead atoms. The average molecular weight is 391 g/mol. The number of aryl methyl sites for hydroxylation is 3. The first kappa shape index (κ1) is 20.0. The second-order valence-electron chi connectivity index (χ2n) is 7.29. The van der Waals surface area contributed by atoms with Crippen LogP contribution in [0.1, 0.15) is 45.6 Å². The molecule has 0 unspecified atom stereocenters. The summed E-state index contributed by atoms with van der Waals surface area (Å²) in [6.07, 6.45) is 0. The van der Waals surface area contributed by atoms with Gasteiger partial charge in [-0.1, -0.05) is 0 Å². The zero-order valence-corrected chi connectivity index (χ0v) is 17.7. The highest BCUT2D eigenvalue weighted by Crippen LogP contribution is 2.28. The van der Waals surface area contributed by atoms with Crippen molar-refractivity contribution in [1.29, 1.82) is 0 Å². The van der Waals surface area contributed by atoms with Crippen LogP contribution in [0.2, 0.25) is 0 Å². The second-order valence-corrected chi connectivity index (χ2v) is 8.61. The van der Waals surface area contributed by atoms with Gasteiger partial charge in [-0.2, -0.15) is 5.10 Å². The second kappa shape index (κ2) is 8.54. The van der Waals surface area contributed by atoms with Gasteiger partial charge in [0.15, 0.2) is 0 Å². The Kier molecular flexibility index (Phi) is 6.34. The van der Waals surface area contributed by atoms with Gasteiger partial charge in [0.1, 0.15) is 0 Å². The predicted octanol–water partition coefficient (Wildman–Crippen LogP) is 2.70. The zero-order valence-electron chi connectivity index (χ0n) is 16.9. The summed E-state index contributed by atoms with van der Waals surface area (Å²) in [5, 5.41) is 7.65. The van der Waals surface area contributed by atoms with E-state index in [9.17, 15) is 4.79 Å². The standard InChI is InChI=1S/C20H30N4O2S/c1-13-6-7-18(27-13)17(24-8-10-26-11-9-24)12-21-20(25)14(2)19-15(3)22-23(5)16(19)4/h6-7,14,17H,8-12H2,1-5H3,(H,21,25)/t14-,17-/m1/s1. The zero-order chi connectivity index (χ0) is 19.6. The van der Waals surface area contributed by atoms with E-state index >= 15 is 0 Å². The summed E-state index contributed by atoms with van der Waals surface area (Å²) in [6.45, 7) is 12.0. The fourth-order valence-corrected chi connectivity index (χ4v) is 4.84. The Morgan fingerprint density at radius 1 is 1.30 bits per heavy atom. The molecule has 2 atom stereocenters. The molecule has 3 heterocycles. The van der Waals surface area contributed by atoms with Gasteiger partial charge in [0.2, 0.25) is 5.91 Å². The van der Waals surface area contributed by atoms with Gasteiger partial charge >= 0.3 is 0 Å². The molecular weight excluding hydrogens is 360 g/mol. The van der Waals surface area contributed by atoms with Crippen LogP contribution in [0, 0.1) is 20.8 Å². The van der Waals surface area contributed by atoms with E-state index in [-0.39, 0.29) is 17.9 Å². The molecular formula is C20H30N4O2S. The van der Waals surface area contributed by atoms with Crippen molar-refractivity contribution in [3.63, 3.8) is 0 Å². The SMILES string of the molecule is Cc1ccc([C@@H](CNC(=O)[C@H](C)c2c(C)nn(C)c2C)N2CCOCC2)s1. The normalized spacial score (nSPS) is 17.7. The third-order valence-electron chi connectivity index (χ3n) is 5.44. The van der Waals surface area contributed by atoms with E-state index in [1.165, 1.54) is 9.75 Å². The fourth-order valence-electron chi connectivity index (χ4n) is 3.83. The molecule has 2 aromatic heterocycles. The first-order chi connectivity index (χ1) is 12.9. The Labute approximate surface area is 165 Å². The van der Waals surface area contributed by atoms with E-state index in [0.717, 1.165) is 43.3 Å². The quantitative estimate of drug-likeness (QED) is 0.824. The predicted molar refractivity (Wildman–Crippen MR) is 108 cm³/mol. The number of nitrogens with zero attached hydrogens (tertiary/aromatic N) is 3. The first-order valence-electron chi connectivity index (χ1n) is 9.54. The van der Waals surface area contributed by atoms with Crippen LogP contribution in [-0.2, 0) is 16.6 Å². The van der Waals surface area contributed by atoms with Crippen molar-refractivity contribution in [2.24, 2.45) is 7.05 Å². The number of carbonyl (C=O) groups excluding carboxylic acids is 1. The molecule has 1 saturated heterocycles. The number of nitrogens with one attached hydrogen (secondary N) is 1. The molecule has 0 spiro atoms. The lowest BCUT2D eigenvalue weighted by Crippen LogP contribution is -2.44. The summed E-state index contributed by atoms with van der Waals surface area (Å²) in [5.74, 6) is -0.158. The lowest BCUT2D eigenvalue weighted by Gasteiger charge is -2.34. The number of hydrogen-bond acceptors (Lipinski definition) is 5. The fraction of sp³-hybridized carbons (Fsp3) is 0.600. The van der Waals surface area contributed by atoms with Crippen molar-refractivity contribution in [3.8, 4) is 0 Å². The molecule has 0 saturated carbocycles. The summed E-state index contributed by atoms with van der Waals surface area (Å²) in [6, 6.07) is 4.53. The summed E-state index contributed by atoms with van der Waals surface area (Å²) in [4.78, 5) is 17.9. The van der Waals surface area contributed by atoms with Gasteiger partial charge in [-0.25, -0.2) is 0 Å². The third-order valence-corrected chi connectivity index (χ3v) is 6.54. The van der Waals surface area contributed by atoms with E-state index in [2.05, 4.69) is 34.4 Å².